The predicted octanol–water partition coefficient (Wildman–Crippen LogP) is 2.95. The monoisotopic (exact) mass is 357 g/mol. The van der Waals surface area contributed by atoms with Gasteiger partial charge in [0.25, 0.3) is 0 Å². The molecule has 0 saturated carbocycles. The van der Waals surface area contributed by atoms with E-state index in [1.54, 1.807) is 24.5 Å². The molecule has 1 aromatic carbocycles. The van der Waals surface area contributed by atoms with E-state index in [0.717, 1.165) is 22.5 Å². The minimum Gasteiger partial charge on any atom is -0.288 e. The summed E-state index contributed by atoms with van der Waals surface area (Å²) in [6, 6.07) is 13.0. The number of pyridine rings is 1. The molecule has 0 unspecified atom stereocenters. The van der Waals surface area contributed by atoms with Crippen LogP contribution in [0.4, 0.5) is 0 Å². The number of carbonyl (C=O) groups excluding carboxylic acids is 1. The van der Waals surface area contributed by atoms with Gasteiger partial charge < -0.3 is 0 Å². The van der Waals surface area contributed by atoms with E-state index in [2.05, 4.69) is 26.2 Å². The van der Waals surface area contributed by atoms with Gasteiger partial charge in [-0.15, -0.1) is 5.10 Å². The van der Waals surface area contributed by atoms with E-state index in [0.29, 0.717) is 32.2 Å². The Balaban J connectivity index is 1.87. The number of hydrogen-bond acceptors (Lipinski definition) is 7. The number of nitriles is 1. The zero-order chi connectivity index (χ0) is 18.1. The summed E-state index contributed by atoms with van der Waals surface area (Å²) in [7, 11) is 0. The molecule has 0 spiro atoms. The molecule has 6 nitrogen and oxygen atoms in total. The summed E-state index contributed by atoms with van der Waals surface area (Å²) in [6.45, 7) is 1.82. The summed E-state index contributed by atoms with van der Waals surface area (Å²) in [5.41, 5.74) is 3.66. The first-order valence-electron chi connectivity index (χ1n) is 7.77. The van der Waals surface area contributed by atoms with Crippen LogP contribution in [0.25, 0.3) is 11.3 Å². The normalized spacial score (nSPS) is 13.3. The van der Waals surface area contributed by atoms with Gasteiger partial charge in [-0.25, -0.2) is 4.98 Å². The third-order valence-corrected chi connectivity index (χ3v) is 4.84. The lowest BCUT2D eigenvalue weighted by molar-refractivity contribution is 0.104. The maximum atomic E-state index is 12.6. The van der Waals surface area contributed by atoms with Crippen LogP contribution in [0.5, 0.6) is 0 Å². The molecule has 0 aliphatic heterocycles. The molecule has 0 fully saturated rings. The quantitative estimate of drug-likeness (QED) is 0.407. The average Bonchev–Trinajstić information content (AvgIpc) is 2.99. The maximum absolute atomic E-state index is 12.6. The van der Waals surface area contributed by atoms with Gasteiger partial charge in [0, 0.05) is 29.1 Å². The molecule has 0 bridgehead atoms. The fourth-order valence-corrected chi connectivity index (χ4v) is 3.46. The minimum absolute atomic E-state index is 0.169. The van der Waals surface area contributed by atoms with Crippen LogP contribution in [0.1, 0.15) is 33.3 Å². The van der Waals surface area contributed by atoms with Crippen LogP contribution in [-0.2, 0) is 0 Å². The van der Waals surface area contributed by atoms with E-state index >= 15 is 0 Å². The molecule has 124 valence electrons. The van der Waals surface area contributed by atoms with Crippen molar-refractivity contribution in [3.63, 3.8) is 0 Å². The fourth-order valence-electron chi connectivity index (χ4n) is 2.73. The van der Waals surface area contributed by atoms with Crippen molar-refractivity contribution in [2.24, 2.45) is 10.2 Å². The van der Waals surface area contributed by atoms with Gasteiger partial charge in [0.15, 0.2) is 5.78 Å². The Morgan fingerprint density at radius 3 is 2.73 bits per heavy atom. The number of ketones is 1. The number of benzene rings is 1. The lowest BCUT2D eigenvalue weighted by Gasteiger charge is -1.99. The topological polar surface area (TPSA) is 91.4 Å². The van der Waals surface area contributed by atoms with E-state index in [1.165, 1.54) is 0 Å². The SMILES string of the molecule is C/C(=N\N=c1\nc2c(c(C#N)s1)C(=O)c1ccccc1-2)c1cccnc1. The van der Waals surface area contributed by atoms with Gasteiger partial charge in [-0.1, -0.05) is 41.7 Å². The van der Waals surface area contributed by atoms with Crippen molar-refractivity contribution in [1.82, 2.24) is 9.97 Å². The zero-order valence-electron chi connectivity index (χ0n) is 13.7. The van der Waals surface area contributed by atoms with E-state index < -0.39 is 0 Å². The molecule has 1 aliphatic rings. The van der Waals surface area contributed by atoms with Gasteiger partial charge >= 0.3 is 0 Å². The van der Waals surface area contributed by atoms with Crippen LogP contribution < -0.4 is 4.80 Å². The molecule has 0 saturated heterocycles. The Labute approximate surface area is 152 Å². The van der Waals surface area contributed by atoms with Gasteiger partial charge in [0.2, 0.25) is 4.80 Å². The Morgan fingerprint density at radius 1 is 1.19 bits per heavy atom. The molecule has 0 amide bonds. The van der Waals surface area contributed by atoms with Gasteiger partial charge in [-0.05, 0) is 13.0 Å². The zero-order valence-corrected chi connectivity index (χ0v) is 14.5. The van der Waals surface area contributed by atoms with Crippen molar-refractivity contribution in [1.29, 1.82) is 5.26 Å². The number of hydrogen-bond donors (Lipinski definition) is 0. The lowest BCUT2D eigenvalue weighted by Crippen LogP contribution is -2.08. The molecule has 4 rings (SSSR count). The number of aromatic nitrogens is 2. The second-order valence-electron chi connectivity index (χ2n) is 5.56. The number of rotatable bonds is 2. The third-order valence-electron chi connectivity index (χ3n) is 3.98. The Kier molecular flexibility index (Phi) is 3.95. The molecule has 2 aromatic heterocycles. The first-order chi connectivity index (χ1) is 12.7. The van der Waals surface area contributed by atoms with E-state index in [4.69, 9.17) is 0 Å². The summed E-state index contributed by atoms with van der Waals surface area (Å²) in [4.78, 5) is 21.7. The number of carbonyl (C=O) groups is 1. The van der Waals surface area contributed by atoms with E-state index in [1.807, 2.05) is 31.2 Å². The standard InChI is InChI=1S/C19H11N5OS/c1-11(12-5-4-8-21-10-12)23-24-19-22-17-13-6-2-3-7-14(13)18(25)16(17)15(9-20)26-19/h2-8,10H,1H3/b23-11+,24-19-. The van der Waals surface area contributed by atoms with Gasteiger partial charge in [0.05, 0.1) is 17.0 Å². The van der Waals surface area contributed by atoms with Gasteiger partial charge in [0.1, 0.15) is 10.9 Å². The fraction of sp³-hybridized carbons (Fsp3) is 0.0526. The Morgan fingerprint density at radius 2 is 2.00 bits per heavy atom. The van der Waals surface area contributed by atoms with Crippen molar-refractivity contribution in [2.45, 2.75) is 6.92 Å². The highest BCUT2D eigenvalue weighted by atomic mass is 32.1. The molecular weight excluding hydrogens is 346 g/mol. The first-order valence-corrected chi connectivity index (χ1v) is 8.58. The third kappa shape index (κ3) is 2.62. The highest BCUT2D eigenvalue weighted by Crippen LogP contribution is 2.36. The van der Waals surface area contributed by atoms with Crippen LogP contribution in [0.15, 0.2) is 59.0 Å². The average molecular weight is 357 g/mol. The molecule has 1 aliphatic carbocycles. The van der Waals surface area contributed by atoms with E-state index in [-0.39, 0.29) is 5.78 Å². The number of nitrogens with zero attached hydrogens (tertiary/aromatic N) is 5. The molecule has 2 heterocycles. The smallest absolute Gasteiger partial charge is 0.231 e. The summed E-state index contributed by atoms with van der Waals surface area (Å²) in [5.74, 6) is -0.169. The number of fused-ring (bicyclic) bond motifs is 3. The van der Waals surface area contributed by atoms with Crippen molar-refractivity contribution in [3.05, 3.63) is 75.2 Å². The molecule has 0 N–H and O–H groups in total. The second-order valence-corrected chi connectivity index (χ2v) is 6.54. The van der Waals surface area contributed by atoms with Gasteiger partial charge in [-0.2, -0.15) is 10.4 Å². The van der Waals surface area contributed by atoms with Crippen LogP contribution in [0.2, 0.25) is 0 Å². The second kappa shape index (κ2) is 6.43. The molecular formula is C19H11N5OS. The van der Waals surface area contributed by atoms with Crippen molar-refractivity contribution >= 4 is 22.8 Å². The highest BCUT2D eigenvalue weighted by molar-refractivity contribution is 7.09. The minimum atomic E-state index is -0.169. The van der Waals surface area contributed by atoms with Gasteiger partial charge in [-0.3, -0.25) is 9.78 Å². The molecule has 0 radical (unpaired) electrons. The lowest BCUT2D eigenvalue weighted by atomic mass is 10.1. The largest absolute Gasteiger partial charge is 0.288 e. The molecule has 3 aromatic rings. The Bertz CT molecular complexity index is 1170. The Hall–Kier alpha value is -3.50. The summed E-state index contributed by atoms with van der Waals surface area (Å²) in [5, 5.41) is 17.8. The molecule has 26 heavy (non-hydrogen) atoms. The predicted molar refractivity (Wildman–Crippen MR) is 97.7 cm³/mol. The van der Waals surface area contributed by atoms with Crippen LogP contribution in [0, 0.1) is 11.3 Å². The highest BCUT2D eigenvalue weighted by Gasteiger charge is 2.31. The van der Waals surface area contributed by atoms with Crippen LogP contribution >= 0.6 is 11.3 Å². The molecule has 7 heteroatoms. The first kappa shape index (κ1) is 16.0. The van der Waals surface area contributed by atoms with Crippen molar-refractivity contribution in [3.8, 4) is 17.3 Å². The summed E-state index contributed by atoms with van der Waals surface area (Å²) in [6.07, 6.45) is 3.38. The summed E-state index contributed by atoms with van der Waals surface area (Å²) >= 11 is 1.06. The van der Waals surface area contributed by atoms with E-state index in [9.17, 15) is 10.1 Å². The molecule has 0 atom stereocenters. The maximum Gasteiger partial charge on any atom is 0.231 e. The van der Waals surface area contributed by atoms with Crippen LogP contribution in [-0.4, -0.2) is 21.5 Å². The van der Waals surface area contributed by atoms with Crippen molar-refractivity contribution in [2.75, 3.05) is 0 Å². The summed E-state index contributed by atoms with van der Waals surface area (Å²) < 4.78 is 0. The van der Waals surface area contributed by atoms with Crippen LogP contribution in [0.3, 0.4) is 0 Å². The van der Waals surface area contributed by atoms with Crippen molar-refractivity contribution < 1.29 is 4.79 Å².